The van der Waals surface area contributed by atoms with E-state index in [1.807, 2.05) is 17.0 Å². The zero-order chi connectivity index (χ0) is 22.8. The Kier molecular flexibility index (Phi) is 7.15. The molecule has 2 heterocycles. The quantitative estimate of drug-likeness (QED) is 0.467. The van der Waals surface area contributed by atoms with E-state index in [1.165, 1.54) is 0 Å². The third-order valence-electron chi connectivity index (χ3n) is 6.74. The molecule has 5 nitrogen and oxygen atoms in total. The second-order valence-corrected chi connectivity index (χ2v) is 10.6. The van der Waals surface area contributed by atoms with E-state index in [-0.39, 0.29) is 30.3 Å². The minimum absolute atomic E-state index is 0.0238. The molecular weight excluding hydrogens is 438 g/mol. The van der Waals surface area contributed by atoms with Crippen LogP contribution in [0.5, 0.6) is 0 Å². The summed E-state index contributed by atoms with van der Waals surface area (Å²) in [6.45, 7) is 7.79. The summed E-state index contributed by atoms with van der Waals surface area (Å²) >= 11 is 7.43. The van der Waals surface area contributed by atoms with Crippen molar-refractivity contribution in [2.24, 2.45) is 5.92 Å². The zero-order valence-corrected chi connectivity index (χ0v) is 20.9. The number of hydrogen-bond acceptors (Lipinski definition) is 4. The van der Waals surface area contributed by atoms with E-state index in [9.17, 15) is 9.59 Å². The van der Waals surface area contributed by atoms with E-state index in [4.69, 9.17) is 12.2 Å². The third-order valence-corrected chi connectivity index (χ3v) is 8.16. The Hall–Kier alpha value is -1.99. The number of anilines is 1. The second-order valence-electron chi connectivity index (χ2n) is 8.97. The van der Waals surface area contributed by atoms with Crippen molar-refractivity contribution < 1.29 is 9.59 Å². The number of carbonyl (C=O) groups is 2. The number of aromatic nitrogens is 1. The highest BCUT2D eigenvalue weighted by Crippen LogP contribution is 2.49. The highest BCUT2D eigenvalue weighted by molar-refractivity contribution is 7.73. The minimum atomic E-state index is -0.0825. The van der Waals surface area contributed by atoms with Gasteiger partial charge in [-0.15, -0.1) is 11.3 Å². The van der Waals surface area contributed by atoms with Gasteiger partial charge >= 0.3 is 0 Å². The molecule has 0 saturated heterocycles. The summed E-state index contributed by atoms with van der Waals surface area (Å²) in [7, 11) is 0. The van der Waals surface area contributed by atoms with Crippen molar-refractivity contribution in [1.29, 1.82) is 0 Å². The van der Waals surface area contributed by atoms with Gasteiger partial charge in [-0.25, -0.2) is 0 Å². The van der Waals surface area contributed by atoms with Gasteiger partial charge in [-0.2, -0.15) is 0 Å². The highest BCUT2D eigenvalue weighted by atomic mass is 32.1. The predicted octanol–water partition coefficient (Wildman–Crippen LogP) is 5.98. The minimum Gasteiger partial charge on any atom is -0.341 e. The molecule has 4 rings (SSSR count). The Bertz CT molecular complexity index is 1050. The molecule has 1 aromatic heterocycles. The molecule has 2 atom stereocenters. The van der Waals surface area contributed by atoms with Crippen LogP contribution in [0.4, 0.5) is 5.82 Å². The molecule has 2 unspecified atom stereocenters. The molecule has 1 aliphatic carbocycles. The average Bonchev–Trinajstić information content (AvgIpc) is 3.13. The van der Waals surface area contributed by atoms with Gasteiger partial charge in [0.2, 0.25) is 11.8 Å². The Balaban J connectivity index is 1.82. The fourth-order valence-electron chi connectivity index (χ4n) is 5.23. The van der Waals surface area contributed by atoms with Crippen LogP contribution in [0.25, 0.3) is 10.4 Å². The lowest BCUT2D eigenvalue weighted by atomic mass is 9.82. The molecule has 1 fully saturated rings. The monoisotopic (exact) mass is 471 g/mol. The summed E-state index contributed by atoms with van der Waals surface area (Å²) in [6.07, 6.45) is 5.84. The fourth-order valence-corrected chi connectivity index (χ4v) is 6.83. The second kappa shape index (κ2) is 9.87. The number of thiazole rings is 1. The van der Waals surface area contributed by atoms with Crippen molar-refractivity contribution >= 4 is 41.2 Å². The number of fused-ring (bicyclic) bond motifs is 3. The molecule has 1 aromatic carbocycles. The molecule has 172 valence electrons. The molecule has 0 spiro atoms. The summed E-state index contributed by atoms with van der Waals surface area (Å²) in [5.74, 6) is 0.874. The molecule has 1 saturated carbocycles. The van der Waals surface area contributed by atoms with Crippen LogP contribution in [0.3, 0.4) is 0 Å². The summed E-state index contributed by atoms with van der Waals surface area (Å²) in [4.78, 5) is 31.8. The molecule has 1 aliphatic heterocycles. The van der Waals surface area contributed by atoms with Crippen molar-refractivity contribution in [2.75, 3.05) is 24.5 Å². The van der Waals surface area contributed by atoms with E-state index < -0.39 is 0 Å². The number of nitrogens with zero attached hydrogens (tertiary/aromatic N) is 3. The molecule has 2 aliphatic rings. The van der Waals surface area contributed by atoms with Gasteiger partial charge in [-0.3, -0.25) is 14.5 Å². The Labute approximate surface area is 200 Å². The normalized spacial score (nSPS) is 20.1. The van der Waals surface area contributed by atoms with Gasteiger partial charge in [0.1, 0.15) is 12.4 Å². The lowest BCUT2D eigenvalue weighted by Gasteiger charge is -2.42. The first-order valence-electron chi connectivity index (χ1n) is 11.9. The number of carbonyl (C=O) groups excluding carboxylic acids is 2. The maximum atomic E-state index is 13.8. The molecule has 2 aromatic rings. The predicted molar refractivity (Wildman–Crippen MR) is 134 cm³/mol. The van der Waals surface area contributed by atoms with E-state index in [2.05, 4.69) is 37.5 Å². The van der Waals surface area contributed by atoms with E-state index in [0.29, 0.717) is 0 Å². The van der Waals surface area contributed by atoms with Crippen LogP contribution < -0.4 is 4.90 Å². The van der Waals surface area contributed by atoms with E-state index >= 15 is 0 Å². The maximum absolute atomic E-state index is 13.8. The first kappa shape index (κ1) is 23.2. The van der Waals surface area contributed by atoms with Crippen LogP contribution in [-0.2, 0) is 9.59 Å². The number of hydrogen-bond donors (Lipinski definition) is 0. The van der Waals surface area contributed by atoms with Crippen molar-refractivity contribution in [1.82, 2.24) is 9.47 Å². The molecule has 7 heteroatoms. The van der Waals surface area contributed by atoms with Gasteiger partial charge in [0.25, 0.3) is 0 Å². The Morgan fingerprint density at radius 3 is 2.53 bits per heavy atom. The summed E-state index contributed by atoms with van der Waals surface area (Å²) in [5, 5.41) is 0. The molecule has 0 radical (unpaired) electrons. The standard InChI is InChI=1S/C25H33N3O2S2/c1-4-14-26(15-5-2)21(29)16-27-23-22(18-11-7-6-10-17(18)3)32-25(31)28(23)20-13-9-8-12-19(20)24(27)30/h6-7,10-11,19-20H,4-5,8-9,12-16H2,1-3H3. The van der Waals surface area contributed by atoms with E-state index in [1.54, 1.807) is 16.2 Å². The largest absolute Gasteiger partial charge is 0.341 e. The number of benzene rings is 1. The molecule has 0 N–H and O–H groups in total. The molecular formula is C25H33N3O2S2. The number of aryl methyl sites for hydroxylation is 1. The van der Waals surface area contributed by atoms with Crippen molar-refractivity contribution in [3.05, 3.63) is 33.8 Å². The Morgan fingerprint density at radius 2 is 1.84 bits per heavy atom. The number of rotatable bonds is 7. The van der Waals surface area contributed by atoms with Crippen LogP contribution in [-0.4, -0.2) is 40.9 Å². The SMILES string of the molecule is CCCN(CCC)C(=O)CN1C(=O)C2CCCCC2n2c1c(-c1ccccc1C)sc2=S. The molecule has 2 amide bonds. The van der Waals surface area contributed by atoms with Crippen LogP contribution in [0.2, 0.25) is 0 Å². The van der Waals surface area contributed by atoms with Crippen LogP contribution in [0.15, 0.2) is 24.3 Å². The Morgan fingerprint density at radius 1 is 1.16 bits per heavy atom. The molecule has 0 bridgehead atoms. The lowest BCUT2D eigenvalue weighted by molar-refractivity contribution is -0.133. The molecule has 32 heavy (non-hydrogen) atoms. The summed E-state index contributed by atoms with van der Waals surface area (Å²) in [5.41, 5.74) is 2.24. The fraction of sp³-hybridized carbons (Fsp3) is 0.560. The van der Waals surface area contributed by atoms with Gasteiger partial charge < -0.3 is 9.47 Å². The topological polar surface area (TPSA) is 45.6 Å². The van der Waals surface area contributed by atoms with Crippen LogP contribution in [0.1, 0.15) is 64.0 Å². The van der Waals surface area contributed by atoms with Crippen molar-refractivity contribution in [3.63, 3.8) is 0 Å². The van der Waals surface area contributed by atoms with Gasteiger partial charge in [0.05, 0.1) is 10.8 Å². The van der Waals surface area contributed by atoms with Gasteiger partial charge in [0, 0.05) is 19.1 Å². The van der Waals surface area contributed by atoms with E-state index in [0.717, 1.165) is 77.4 Å². The van der Waals surface area contributed by atoms with Gasteiger partial charge in [-0.05, 0) is 56.0 Å². The smallest absolute Gasteiger partial charge is 0.242 e. The summed E-state index contributed by atoms with van der Waals surface area (Å²) in [6, 6.07) is 8.34. The van der Waals surface area contributed by atoms with Crippen molar-refractivity contribution in [3.8, 4) is 10.4 Å². The first-order valence-corrected chi connectivity index (χ1v) is 13.1. The number of amides is 2. The first-order chi connectivity index (χ1) is 15.5. The van der Waals surface area contributed by atoms with Crippen LogP contribution in [0, 0.1) is 16.8 Å². The van der Waals surface area contributed by atoms with Crippen LogP contribution >= 0.6 is 23.6 Å². The third kappa shape index (κ3) is 4.17. The summed E-state index contributed by atoms with van der Waals surface area (Å²) < 4.78 is 3.02. The maximum Gasteiger partial charge on any atom is 0.242 e. The zero-order valence-electron chi connectivity index (χ0n) is 19.3. The van der Waals surface area contributed by atoms with Gasteiger partial charge in [0.15, 0.2) is 3.95 Å². The highest BCUT2D eigenvalue weighted by Gasteiger charge is 2.44. The van der Waals surface area contributed by atoms with Gasteiger partial charge in [-0.1, -0.05) is 51.0 Å². The lowest BCUT2D eigenvalue weighted by Crippen LogP contribution is -2.51. The van der Waals surface area contributed by atoms with Crippen molar-refractivity contribution in [2.45, 2.75) is 65.3 Å². The average molecular weight is 472 g/mol.